The van der Waals surface area contributed by atoms with E-state index in [1.807, 2.05) is 11.8 Å². The van der Waals surface area contributed by atoms with Crippen molar-refractivity contribution in [2.24, 2.45) is 5.92 Å². The van der Waals surface area contributed by atoms with Gasteiger partial charge in [-0.15, -0.1) is 0 Å². The zero-order chi connectivity index (χ0) is 22.1. The number of amides is 1. The first-order valence-electron chi connectivity index (χ1n) is 10.8. The molecule has 1 aliphatic carbocycles. The van der Waals surface area contributed by atoms with Gasteiger partial charge in [0.2, 0.25) is 15.9 Å². The minimum atomic E-state index is -3.15. The zero-order valence-corrected chi connectivity index (χ0v) is 19.0. The fourth-order valence-corrected chi connectivity index (χ4v) is 4.66. The average molecular weight is 454 g/mol. The van der Waals surface area contributed by atoms with E-state index in [1.165, 1.54) is 10.6 Å². The Kier molecular flexibility index (Phi) is 6.25. The molecule has 1 saturated carbocycles. The monoisotopic (exact) mass is 453 g/mol. The SMILES string of the molecule is CC1(OC(=O)N2CCC(COc3cnc(N4CCN(S(C)(=O)=O)CC4)cn3)CC2)CC1. The van der Waals surface area contributed by atoms with Crippen molar-refractivity contribution in [1.82, 2.24) is 19.2 Å². The molecule has 2 aliphatic heterocycles. The van der Waals surface area contributed by atoms with Crippen molar-refractivity contribution < 1.29 is 22.7 Å². The topological polar surface area (TPSA) is 105 Å². The lowest BCUT2D eigenvalue weighted by Crippen LogP contribution is -2.48. The molecule has 2 saturated heterocycles. The Labute approximate surface area is 183 Å². The summed E-state index contributed by atoms with van der Waals surface area (Å²) in [6.45, 7) is 5.97. The summed E-state index contributed by atoms with van der Waals surface area (Å²) in [7, 11) is -3.15. The van der Waals surface area contributed by atoms with Crippen LogP contribution in [0.3, 0.4) is 0 Å². The van der Waals surface area contributed by atoms with Crippen LogP contribution in [-0.2, 0) is 14.8 Å². The smallest absolute Gasteiger partial charge is 0.410 e. The predicted molar refractivity (Wildman–Crippen MR) is 115 cm³/mol. The van der Waals surface area contributed by atoms with E-state index in [2.05, 4.69) is 9.97 Å². The van der Waals surface area contributed by atoms with Crippen LogP contribution in [0.4, 0.5) is 10.6 Å². The van der Waals surface area contributed by atoms with Crippen LogP contribution in [0.1, 0.15) is 32.6 Å². The molecule has 10 nitrogen and oxygen atoms in total. The summed E-state index contributed by atoms with van der Waals surface area (Å²) in [4.78, 5) is 24.8. The van der Waals surface area contributed by atoms with Gasteiger partial charge in [0.1, 0.15) is 11.4 Å². The van der Waals surface area contributed by atoms with E-state index in [0.717, 1.165) is 31.5 Å². The van der Waals surface area contributed by atoms with E-state index in [9.17, 15) is 13.2 Å². The Hall–Kier alpha value is -2.14. The molecule has 4 rings (SSSR count). The average Bonchev–Trinajstić information content (AvgIpc) is 3.49. The molecule has 0 radical (unpaired) electrons. The van der Waals surface area contributed by atoms with E-state index < -0.39 is 10.0 Å². The predicted octanol–water partition coefficient (Wildman–Crippen LogP) is 1.34. The van der Waals surface area contributed by atoms with E-state index in [-0.39, 0.29) is 11.7 Å². The molecule has 0 spiro atoms. The molecule has 1 aromatic heterocycles. The standard InChI is InChI=1S/C20H31N5O5S/c1-20(5-6-20)30-19(26)24-7-3-16(4-8-24)15-29-18-14-21-17(13-22-18)23-9-11-25(12-10-23)31(2,27)28/h13-14,16H,3-12,15H2,1-2H3. The number of piperidine rings is 1. The van der Waals surface area contributed by atoms with Gasteiger partial charge >= 0.3 is 6.09 Å². The third-order valence-corrected chi connectivity index (χ3v) is 7.58. The minimum Gasteiger partial charge on any atom is -0.476 e. The molecule has 31 heavy (non-hydrogen) atoms. The first-order chi connectivity index (χ1) is 14.7. The highest BCUT2D eigenvalue weighted by Crippen LogP contribution is 2.39. The maximum atomic E-state index is 12.2. The Morgan fingerprint density at radius 2 is 1.77 bits per heavy atom. The van der Waals surface area contributed by atoms with Crippen molar-refractivity contribution in [1.29, 1.82) is 0 Å². The van der Waals surface area contributed by atoms with Crippen molar-refractivity contribution >= 4 is 21.9 Å². The molecule has 3 heterocycles. The van der Waals surface area contributed by atoms with Gasteiger partial charge in [-0.25, -0.2) is 23.2 Å². The third kappa shape index (κ3) is 5.76. The largest absolute Gasteiger partial charge is 0.476 e. The van der Waals surface area contributed by atoms with E-state index in [1.54, 1.807) is 17.3 Å². The molecule has 1 amide bonds. The minimum absolute atomic E-state index is 0.196. The Bertz CT molecular complexity index is 874. The number of ether oxygens (including phenoxy) is 2. The maximum Gasteiger partial charge on any atom is 0.410 e. The fourth-order valence-electron chi connectivity index (χ4n) is 3.83. The molecule has 0 aromatic carbocycles. The number of carbonyl (C=O) groups is 1. The molecule has 0 bridgehead atoms. The van der Waals surface area contributed by atoms with Crippen molar-refractivity contribution in [3.63, 3.8) is 0 Å². The normalized spacial score (nSPS) is 22.3. The lowest BCUT2D eigenvalue weighted by atomic mass is 9.98. The number of anilines is 1. The number of hydrogen-bond acceptors (Lipinski definition) is 8. The number of rotatable bonds is 6. The second kappa shape index (κ2) is 8.78. The molecule has 0 atom stereocenters. The zero-order valence-electron chi connectivity index (χ0n) is 18.2. The lowest BCUT2D eigenvalue weighted by Gasteiger charge is -2.33. The molecule has 3 aliphatic rings. The number of sulfonamides is 1. The quantitative estimate of drug-likeness (QED) is 0.635. The Morgan fingerprint density at radius 1 is 1.10 bits per heavy atom. The summed E-state index contributed by atoms with van der Waals surface area (Å²) in [6, 6.07) is 0. The van der Waals surface area contributed by atoms with Crippen molar-refractivity contribution in [3.8, 4) is 5.88 Å². The van der Waals surface area contributed by atoms with Gasteiger partial charge in [0, 0.05) is 39.3 Å². The number of hydrogen-bond donors (Lipinski definition) is 0. The van der Waals surface area contributed by atoms with Gasteiger partial charge in [-0.1, -0.05) is 0 Å². The summed E-state index contributed by atoms with van der Waals surface area (Å²) in [5.74, 6) is 1.56. The van der Waals surface area contributed by atoms with Crippen LogP contribution in [0.25, 0.3) is 0 Å². The van der Waals surface area contributed by atoms with Crippen LogP contribution < -0.4 is 9.64 Å². The van der Waals surface area contributed by atoms with Crippen LogP contribution in [0.5, 0.6) is 5.88 Å². The van der Waals surface area contributed by atoms with Gasteiger partial charge < -0.3 is 19.3 Å². The van der Waals surface area contributed by atoms with E-state index in [0.29, 0.717) is 57.7 Å². The number of piperazine rings is 1. The Morgan fingerprint density at radius 3 is 2.32 bits per heavy atom. The van der Waals surface area contributed by atoms with Crippen molar-refractivity contribution in [2.75, 3.05) is 57.0 Å². The molecule has 3 fully saturated rings. The van der Waals surface area contributed by atoms with E-state index in [4.69, 9.17) is 9.47 Å². The number of likely N-dealkylation sites (tertiary alicyclic amines) is 1. The summed E-state index contributed by atoms with van der Waals surface area (Å²) < 4.78 is 36.1. The highest BCUT2D eigenvalue weighted by molar-refractivity contribution is 7.88. The number of aromatic nitrogens is 2. The first kappa shape index (κ1) is 22.1. The van der Waals surface area contributed by atoms with E-state index >= 15 is 0 Å². The van der Waals surface area contributed by atoms with Crippen molar-refractivity contribution in [3.05, 3.63) is 12.4 Å². The van der Waals surface area contributed by atoms with Gasteiger partial charge in [-0.3, -0.25) is 0 Å². The Balaban J connectivity index is 1.19. The second-order valence-electron chi connectivity index (χ2n) is 8.92. The summed E-state index contributed by atoms with van der Waals surface area (Å²) in [6.07, 6.45) is 7.99. The van der Waals surface area contributed by atoms with Gasteiger partial charge in [-0.05, 0) is 38.5 Å². The molecule has 0 unspecified atom stereocenters. The number of carbonyl (C=O) groups excluding carboxylic acids is 1. The van der Waals surface area contributed by atoms with Crippen LogP contribution in [0.15, 0.2) is 12.4 Å². The van der Waals surface area contributed by atoms with Gasteiger partial charge in [0.15, 0.2) is 0 Å². The molecular formula is C20H31N5O5S. The molecule has 11 heteroatoms. The molecular weight excluding hydrogens is 422 g/mol. The first-order valence-corrected chi connectivity index (χ1v) is 12.7. The summed E-state index contributed by atoms with van der Waals surface area (Å²) in [5.41, 5.74) is -0.233. The summed E-state index contributed by atoms with van der Waals surface area (Å²) >= 11 is 0. The lowest BCUT2D eigenvalue weighted by molar-refractivity contribution is 0.0454. The van der Waals surface area contributed by atoms with Gasteiger partial charge in [-0.2, -0.15) is 4.31 Å². The maximum absolute atomic E-state index is 12.2. The molecule has 0 N–H and O–H groups in total. The van der Waals surface area contributed by atoms with Gasteiger partial charge in [0.25, 0.3) is 0 Å². The second-order valence-corrected chi connectivity index (χ2v) is 10.9. The number of nitrogens with zero attached hydrogens (tertiary/aromatic N) is 5. The molecule has 172 valence electrons. The van der Waals surface area contributed by atoms with Crippen molar-refractivity contribution in [2.45, 2.75) is 38.2 Å². The van der Waals surface area contributed by atoms with Crippen LogP contribution in [0, 0.1) is 5.92 Å². The highest BCUT2D eigenvalue weighted by Gasteiger charge is 2.43. The fraction of sp³-hybridized carbons (Fsp3) is 0.750. The van der Waals surface area contributed by atoms with Gasteiger partial charge in [0.05, 0.1) is 25.3 Å². The van der Waals surface area contributed by atoms with Crippen LogP contribution in [-0.4, -0.2) is 91.4 Å². The van der Waals surface area contributed by atoms with Crippen LogP contribution >= 0.6 is 0 Å². The highest BCUT2D eigenvalue weighted by atomic mass is 32.2. The third-order valence-electron chi connectivity index (χ3n) is 6.27. The van der Waals surface area contributed by atoms with Crippen LogP contribution in [0.2, 0.25) is 0 Å². The molecule has 1 aromatic rings. The summed E-state index contributed by atoms with van der Waals surface area (Å²) in [5, 5.41) is 0.